The Morgan fingerprint density at radius 1 is 1.20 bits per heavy atom. The van der Waals surface area contributed by atoms with Crippen molar-refractivity contribution >= 4 is 11.7 Å². The van der Waals surface area contributed by atoms with E-state index in [1.165, 1.54) is 6.20 Å². The minimum Gasteiger partial charge on any atom is -0.623 e. The maximum Gasteiger partial charge on any atom is 0.246 e. The summed E-state index contributed by atoms with van der Waals surface area (Å²) in [6.07, 6.45) is 3.19. The van der Waals surface area contributed by atoms with Gasteiger partial charge in [0.15, 0.2) is 17.4 Å². The maximum absolute atomic E-state index is 12.0. The van der Waals surface area contributed by atoms with Crippen LogP contribution in [0.25, 0.3) is 0 Å². The Balaban J connectivity index is 1.80. The standard InChI is InChI=1S/C13H12N6O/c1-17-14-7-11-18(20)8-10-13(19(11)17)16-12(15-10)9-5-3-2-4-6-9/h2-8,14,18H,1H3. The molecule has 0 spiro atoms. The second-order valence-electron chi connectivity index (χ2n) is 4.62. The number of nitrogens with one attached hydrogen (secondary N) is 2. The van der Waals surface area contributed by atoms with Crippen LogP contribution in [0.1, 0.15) is 5.56 Å². The van der Waals surface area contributed by atoms with Gasteiger partial charge in [-0.1, -0.05) is 30.3 Å². The molecule has 0 saturated carbocycles. The molecule has 2 N–H and O–H groups in total. The second kappa shape index (κ2) is 4.01. The van der Waals surface area contributed by atoms with Gasteiger partial charge in [-0.3, -0.25) is 5.06 Å². The average molecular weight is 268 g/mol. The molecule has 0 aliphatic carbocycles. The van der Waals surface area contributed by atoms with Gasteiger partial charge in [-0.15, -0.1) is 5.12 Å². The fraction of sp³-hybridized carbons (Fsp3) is 0.0769. The quantitative estimate of drug-likeness (QED) is 0.677. The monoisotopic (exact) mass is 268 g/mol. The molecule has 20 heavy (non-hydrogen) atoms. The van der Waals surface area contributed by atoms with Crippen LogP contribution in [0.2, 0.25) is 0 Å². The van der Waals surface area contributed by atoms with Crippen LogP contribution in [0.5, 0.6) is 0 Å². The van der Waals surface area contributed by atoms with Crippen LogP contribution in [0.3, 0.4) is 0 Å². The van der Waals surface area contributed by atoms with Crippen molar-refractivity contribution < 1.29 is 5.06 Å². The van der Waals surface area contributed by atoms with E-state index in [-0.39, 0.29) is 5.06 Å². The fourth-order valence-electron chi connectivity index (χ4n) is 2.38. The van der Waals surface area contributed by atoms with E-state index in [4.69, 9.17) is 0 Å². The van der Waals surface area contributed by atoms with Crippen LogP contribution < -0.4 is 10.5 Å². The molecular weight excluding hydrogens is 256 g/mol. The largest absolute Gasteiger partial charge is 0.623 e. The second-order valence-corrected chi connectivity index (χ2v) is 4.62. The summed E-state index contributed by atoms with van der Waals surface area (Å²) in [4.78, 5) is 9.01. The topological polar surface area (TPSA) is 70.7 Å². The Kier molecular flexibility index (Phi) is 2.27. The number of fused-ring (bicyclic) bond motifs is 3. The molecule has 0 radical (unpaired) electrons. The number of aliphatic imine (C=N–C) groups is 2. The van der Waals surface area contributed by atoms with Crippen LogP contribution in [-0.4, -0.2) is 28.8 Å². The third-order valence-electron chi connectivity index (χ3n) is 3.34. The molecule has 3 aliphatic rings. The van der Waals surface area contributed by atoms with Crippen molar-refractivity contribution in [2.45, 2.75) is 0 Å². The Hall–Kier alpha value is -2.48. The van der Waals surface area contributed by atoms with Crippen molar-refractivity contribution in [1.29, 1.82) is 0 Å². The van der Waals surface area contributed by atoms with Crippen molar-refractivity contribution in [3.05, 3.63) is 65.0 Å². The first kappa shape index (κ1) is 11.4. The van der Waals surface area contributed by atoms with E-state index in [1.807, 2.05) is 37.4 Å². The van der Waals surface area contributed by atoms with E-state index in [1.54, 1.807) is 16.3 Å². The van der Waals surface area contributed by atoms with Gasteiger partial charge in [0.05, 0.1) is 6.20 Å². The number of hydrazine groups is 2. The van der Waals surface area contributed by atoms with E-state index < -0.39 is 0 Å². The lowest BCUT2D eigenvalue weighted by atomic mass is 10.2. The van der Waals surface area contributed by atoms with E-state index >= 15 is 0 Å². The lowest BCUT2D eigenvalue weighted by Crippen LogP contribution is -3.03. The summed E-state index contributed by atoms with van der Waals surface area (Å²) in [5.41, 5.74) is 4.50. The van der Waals surface area contributed by atoms with Gasteiger partial charge in [0.25, 0.3) is 0 Å². The molecule has 7 nitrogen and oxygen atoms in total. The Labute approximate surface area is 115 Å². The van der Waals surface area contributed by atoms with Crippen LogP contribution >= 0.6 is 0 Å². The molecule has 0 fully saturated rings. The van der Waals surface area contributed by atoms with Crippen molar-refractivity contribution in [2.24, 2.45) is 9.98 Å². The lowest BCUT2D eigenvalue weighted by Gasteiger charge is -2.33. The smallest absolute Gasteiger partial charge is 0.246 e. The Morgan fingerprint density at radius 3 is 2.80 bits per heavy atom. The van der Waals surface area contributed by atoms with Gasteiger partial charge in [-0.05, 0) is 0 Å². The first-order valence-electron chi connectivity index (χ1n) is 6.23. The number of quaternary nitrogens is 1. The summed E-state index contributed by atoms with van der Waals surface area (Å²) in [5.74, 6) is 1.85. The summed E-state index contributed by atoms with van der Waals surface area (Å²) < 4.78 is 0. The zero-order valence-corrected chi connectivity index (χ0v) is 10.7. The number of benzene rings is 1. The van der Waals surface area contributed by atoms with E-state index in [0.717, 1.165) is 5.56 Å². The number of hydroxylamine groups is 2. The van der Waals surface area contributed by atoms with Gasteiger partial charge < -0.3 is 10.6 Å². The van der Waals surface area contributed by atoms with Gasteiger partial charge in [0, 0.05) is 12.6 Å². The molecule has 1 aromatic rings. The highest BCUT2D eigenvalue weighted by atomic mass is 16.5. The van der Waals surface area contributed by atoms with Crippen molar-refractivity contribution in [1.82, 2.24) is 15.6 Å². The molecule has 4 rings (SSSR count). The van der Waals surface area contributed by atoms with Gasteiger partial charge in [-0.25, -0.2) is 9.98 Å². The summed E-state index contributed by atoms with van der Waals surface area (Å²) >= 11 is 0. The number of amidine groups is 2. The van der Waals surface area contributed by atoms with E-state index in [0.29, 0.717) is 23.2 Å². The van der Waals surface area contributed by atoms with Gasteiger partial charge >= 0.3 is 0 Å². The molecular formula is C13H12N6O. The summed E-state index contributed by atoms with van der Waals surface area (Å²) in [6, 6.07) is 9.72. The number of hydrogen-bond donors (Lipinski definition) is 2. The SMILES string of the molecule is CN1NC=C2N1C1=NC(c3ccccc3)=NC1=C[NH+]2[O-]. The number of hydrogen-bond acceptors (Lipinski definition) is 6. The minimum atomic E-state index is -0.0751. The zero-order chi connectivity index (χ0) is 13.7. The fourth-order valence-corrected chi connectivity index (χ4v) is 2.38. The van der Waals surface area contributed by atoms with Crippen molar-refractivity contribution in [3.8, 4) is 0 Å². The molecule has 0 bridgehead atoms. The summed E-state index contributed by atoms with van der Waals surface area (Å²) in [6.45, 7) is 0. The molecule has 0 amide bonds. The zero-order valence-electron chi connectivity index (χ0n) is 10.7. The molecule has 3 heterocycles. The highest BCUT2D eigenvalue weighted by Crippen LogP contribution is 2.23. The molecule has 0 aromatic heterocycles. The molecule has 1 unspecified atom stereocenters. The average Bonchev–Trinajstić information content (AvgIpc) is 3.04. The molecule has 3 aliphatic heterocycles. The Morgan fingerprint density at radius 2 is 2.00 bits per heavy atom. The molecule has 0 saturated heterocycles. The van der Waals surface area contributed by atoms with Crippen molar-refractivity contribution in [2.75, 3.05) is 7.05 Å². The molecule has 7 heteroatoms. The first-order chi connectivity index (χ1) is 9.74. The third-order valence-corrected chi connectivity index (χ3v) is 3.34. The van der Waals surface area contributed by atoms with Crippen LogP contribution in [-0.2, 0) is 0 Å². The van der Waals surface area contributed by atoms with Gasteiger partial charge in [0.2, 0.25) is 5.82 Å². The number of rotatable bonds is 1. The van der Waals surface area contributed by atoms with Crippen LogP contribution in [0.4, 0.5) is 0 Å². The van der Waals surface area contributed by atoms with Crippen LogP contribution in [0.15, 0.2) is 64.2 Å². The summed E-state index contributed by atoms with van der Waals surface area (Å²) in [7, 11) is 1.82. The normalized spacial score (nSPS) is 24.3. The van der Waals surface area contributed by atoms with Crippen molar-refractivity contribution in [3.63, 3.8) is 0 Å². The van der Waals surface area contributed by atoms with Gasteiger partial charge in [0.1, 0.15) is 6.20 Å². The van der Waals surface area contributed by atoms with E-state index in [2.05, 4.69) is 15.4 Å². The Bertz CT molecular complexity index is 690. The molecule has 100 valence electrons. The minimum absolute atomic E-state index is 0.0751. The van der Waals surface area contributed by atoms with E-state index in [9.17, 15) is 5.21 Å². The highest BCUT2D eigenvalue weighted by molar-refractivity contribution is 6.17. The highest BCUT2D eigenvalue weighted by Gasteiger charge is 2.39. The maximum atomic E-state index is 12.0. The lowest BCUT2D eigenvalue weighted by molar-refractivity contribution is -0.760. The third kappa shape index (κ3) is 1.51. The predicted octanol–water partition coefficient (Wildman–Crippen LogP) is -0.451. The molecule has 1 aromatic carbocycles. The molecule has 1 atom stereocenters. The first-order valence-corrected chi connectivity index (χ1v) is 6.23. The van der Waals surface area contributed by atoms with Gasteiger partial charge in [-0.2, -0.15) is 5.01 Å². The van der Waals surface area contributed by atoms with Crippen LogP contribution in [0, 0.1) is 5.21 Å². The predicted molar refractivity (Wildman–Crippen MR) is 73.6 cm³/mol. The number of nitrogens with zero attached hydrogens (tertiary/aromatic N) is 4. The summed E-state index contributed by atoms with van der Waals surface area (Å²) in [5, 5.41) is 15.4.